The van der Waals surface area contributed by atoms with Crippen LogP contribution in [0, 0.1) is 0 Å². The fourth-order valence-electron chi connectivity index (χ4n) is 2.42. The summed E-state index contributed by atoms with van der Waals surface area (Å²) in [6.45, 7) is 7.99. The second-order valence-corrected chi connectivity index (χ2v) is 15.4. The summed E-state index contributed by atoms with van der Waals surface area (Å²) in [5.41, 5.74) is -1.28. The van der Waals surface area contributed by atoms with Crippen LogP contribution in [0.3, 0.4) is 0 Å². The molecule has 0 atom stereocenters. The average Bonchev–Trinajstić information content (AvgIpc) is 3.20. The first-order valence-electron chi connectivity index (χ1n) is 9.38. The Balaban J connectivity index is 1.52. The Morgan fingerprint density at radius 2 is 1.76 bits per heavy atom. The second-order valence-electron chi connectivity index (χ2n) is 6.74. The van der Waals surface area contributed by atoms with Crippen molar-refractivity contribution < 1.29 is 9.05 Å². The molecule has 2 heterocycles. The number of thioether (sulfide) groups is 1. The highest BCUT2D eigenvalue weighted by Crippen LogP contribution is 2.62. The molecule has 0 unspecified atom stereocenters. The van der Waals surface area contributed by atoms with E-state index in [0.29, 0.717) is 0 Å². The van der Waals surface area contributed by atoms with Crippen molar-refractivity contribution >= 4 is 56.9 Å². The molecule has 0 N–H and O–H groups in total. The topological polar surface area (TPSA) is 61.5 Å². The molecule has 0 spiro atoms. The van der Waals surface area contributed by atoms with Crippen LogP contribution >= 0.6 is 40.2 Å². The molecule has 0 aliphatic rings. The minimum atomic E-state index is -2.29. The summed E-state index contributed by atoms with van der Waals surface area (Å²) >= 11 is 10.6. The van der Waals surface area contributed by atoms with Gasteiger partial charge in [-0.25, -0.2) is 0 Å². The van der Waals surface area contributed by atoms with Crippen LogP contribution in [0.1, 0.15) is 34.1 Å². The van der Waals surface area contributed by atoms with Crippen LogP contribution in [0.4, 0.5) is 0 Å². The SMILES string of the molecule is CC(C)OP(=S)(OC(C)C)SCCCSc1nn2c(-c3ccccc3)nnc2s1. The highest BCUT2D eigenvalue weighted by molar-refractivity contribution is 8.67. The Morgan fingerprint density at radius 3 is 2.41 bits per heavy atom. The molecule has 0 bridgehead atoms. The molecular weight excluding hydrogens is 463 g/mol. The van der Waals surface area contributed by atoms with E-state index < -0.39 is 5.69 Å². The van der Waals surface area contributed by atoms with Crippen molar-refractivity contribution in [2.24, 2.45) is 0 Å². The fraction of sp³-hybridized carbons (Fsp3) is 0.500. The van der Waals surface area contributed by atoms with E-state index in [-0.39, 0.29) is 12.2 Å². The lowest BCUT2D eigenvalue weighted by Gasteiger charge is -2.25. The molecule has 0 amide bonds. The third-order valence-electron chi connectivity index (χ3n) is 3.45. The molecule has 0 aliphatic heterocycles. The standard InChI is InChI=1S/C18H25N4O2PS4/c1-13(2)23-25(26,24-14(3)4)28-12-8-11-27-18-21-22-16(19-20-17(22)29-18)15-9-6-5-7-10-15/h5-7,9-10,13-14H,8,11-12H2,1-4H3. The number of fused-ring (bicyclic) bond motifs is 1. The molecule has 0 fully saturated rings. The first-order valence-corrected chi connectivity index (χ1v) is 15.4. The highest BCUT2D eigenvalue weighted by atomic mass is 32.9. The maximum Gasteiger partial charge on any atom is 0.247 e. The first kappa shape index (κ1) is 23.2. The molecule has 0 saturated heterocycles. The summed E-state index contributed by atoms with van der Waals surface area (Å²) in [7, 11) is 0. The zero-order valence-corrected chi connectivity index (χ0v) is 21.0. The summed E-state index contributed by atoms with van der Waals surface area (Å²) in [6.07, 6.45) is 1.14. The zero-order valence-electron chi connectivity index (χ0n) is 16.8. The molecule has 11 heteroatoms. The van der Waals surface area contributed by atoms with Crippen molar-refractivity contribution in [1.29, 1.82) is 0 Å². The smallest absolute Gasteiger partial charge is 0.247 e. The maximum atomic E-state index is 5.93. The van der Waals surface area contributed by atoms with Gasteiger partial charge in [0.1, 0.15) is 0 Å². The van der Waals surface area contributed by atoms with Gasteiger partial charge in [-0.05, 0) is 45.9 Å². The molecule has 6 nitrogen and oxygen atoms in total. The van der Waals surface area contributed by atoms with E-state index in [1.807, 2.05) is 62.5 Å². The average molecular weight is 489 g/mol. The van der Waals surface area contributed by atoms with Crippen LogP contribution in [0.5, 0.6) is 0 Å². The fourth-order valence-corrected chi connectivity index (χ4v) is 10.4. The molecule has 1 aromatic carbocycles. The molecule has 29 heavy (non-hydrogen) atoms. The summed E-state index contributed by atoms with van der Waals surface area (Å²) < 4.78 is 14.7. The maximum absolute atomic E-state index is 5.93. The van der Waals surface area contributed by atoms with Crippen LogP contribution in [0.25, 0.3) is 16.3 Å². The van der Waals surface area contributed by atoms with Crippen LogP contribution in [-0.2, 0) is 20.9 Å². The molecule has 0 radical (unpaired) electrons. The first-order chi connectivity index (χ1) is 13.9. The number of hydrogen-bond acceptors (Lipinski definition) is 9. The van der Waals surface area contributed by atoms with E-state index in [4.69, 9.17) is 20.9 Å². The van der Waals surface area contributed by atoms with Gasteiger partial charge in [0.15, 0.2) is 10.2 Å². The van der Waals surface area contributed by atoms with Gasteiger partial charge < -0.3 is 9.05 Å². The van der Waals surface area contributed by atoms with Gasteiger partial charge in [-0.1, -0.05) is 64.8 Å². The molecule has 158 valence electrons. The van der Waals surface area contributed by atoms with Crippen LogP contribution in [0.2, 0.25) is 0 Å². The number of rotatable bonds is 11. The Labute approximate surface area is 189 Å². The predicted octanol–water partition coefficient (Wildman–Crippen LogP) is 6.14. The zero-order chi connectivity index (χ0) is 20.9. The lowest BCUT2D eigenvalue weighted by molar-refractivity contribution is 0.186. The van der Waals surface area contributed by atoms with Gasteiger partial charge >= 0.3 is 0 Å². The van der Waals surface area contributed by atoms with Crippen molar-refractivity contribution in [1.82, 2.24) is 19.8 Å². The summed E-state index contributed by atoms with van der Waals surface area (Å²) in [5.74, 6) is 2.64. The molecule has 3 aromatic rings. The van der Waals surface area contributed by atoms with E-state index in [9.17, 15) is 0 Å². The Bertz CT molecular complexity index is 947. The molecule has 2 aromatic heterocycles. The van der Waals surface area contributed by atoms with Crippen LogP contribution in [-0.4, -0.2) is 43.5 Å². The molecule has 0 saturated carbocycles. The van der Waals surface area contributed by atoms with E-state index in [1.54, 1.807) is 34.5 Å². The minimum Gasteiger partial charge on any atom is -0.319 e. The van der Waals surface area contributed by atoms with Crippen molar-refractivity contribution in [3.8, 4) is 11.4 Å². The third-order valence-corrected chi connectivity index (χ3v) is 11.2. The summed E-state index contributed by atoms with van der Waals surface area (Å²) in [4.78, 5) is 0.812. The van der Waals surface area contributed by atoms with Gasteiger partial charge in [0, 0.05) is 17.1 Å². The lowest BCUT2D eigenvalue weighted by Crippen LogP contribution is -2.06. The number of aromatic nitrogens is 4. The van der Waals surface area contributed by atoms with Gasteiger partial charge in [0.2, 0.25) is 10.7 Å². The largest absolute Gasteiger partial charge is 0.319 e. The molecule has 3 rings (SSSR count). The van der Waals surface area contributed by atoms with Gasteiger partial charge in [-0.15, -0.1) is 15.3 Å². The molecule has 0 aliphatic carbocycles. The van der Waals surface area contributed by atoms with Crippen LogP contribution < -0.4 is 0 Å². The highest BCUT2D eigenvalue weighted by Gasteiger charge is 2.23. The number of benzene rings is 1. The van der Waals surface area contributed by atoms with E-state index in [0.717, 1.165) is 38.6 Å². The van der Waals surface area contributed by atoms with Gasteiger partial charge in [0.05, 0.1) is 12.2 Å². The Hall–Kier alpha value is -0.480. The van der Waals surface area contributed by atoms with E-state index >= 15 is 0 Å². The normalized spacial score (nSPS) is 12.5. The Kier molecular flexibility index (Phi) is 8.56. The van der Waals surface area contributed by atoms with Crippen molar-refractivity contribution in [3.05, 3.63) is 30.3 Å². The van der Waals surface area contributed by atoms with Gasteiger partial charge in [-0.3, -0.25) is 0 Å². The number of hydrogen-bond donors (Lipinski definition) is 0. The predicted molar refractivity (Wildman–Crippen MR) is 129 cm³/mol. The van der Waals surface area contributed by atoms with E-state index in [2.05, 4.69) is 15.3 Å². The minimum absolute atomic E-state index is 0.0698. The van der Waals surface area contributed by atoms with Crippen molar-refractivity contribution in [2.45, 2.75) is 50.7 Å². The monoisotopic (exact) mass is 488 g/mol. The second kappa shape index (κ2) is 10.7. The molecular formula is C18H25N4O2PS4. The summed E-state index contributed by atoms with van der Waals surface area (Å²) in [5, 5.41) is 13.2. The van der Waals surface area contributed by atoms with Crippen molar-refractivity contribution in [3.63, 3.8) is 0 Å². The quantitative estimate of drug-likeness (QED) is 0.181. The summed E-state index contributed by atoms with van der Waals surface area (Å²) in [6, 6.07) is 10.00. The van der Waals surface area contributed by atoms with Crippen LogP contribution in [0.15, 0.2) is 34.7 Å². The van der Waals surface area contributed by atoms with Crippen molar-refractivity contribution in [2.75, 3.05) is 11.5 Å². The number of nitrogens with zero attached hydrogens (tertiary/aromatic N) is 4. The van der Waals surface area contributed by atoms with E-state index in [1.165, 1.54) is 0 Å². The van der Waals surface area contributed by atoms with Gasteiger partial charge in [-0.2, -0.15) is 4.52 Å². The Morgan fingerprint density at radius 1 is 1.07 bits per heavy atom. The third kappa shape index (κ3) is 6.75. The lowest BCUT2D eigenvalue weighted by atomic mass is 10.2. The van der Waals surface area contributed by atoms with Gasteiger partial charge in [0.25, 0.3) is 0 Å².